The number of carbonyl (C=O) groups excluding carboxylic acids is 1. The lowest BCUT2D eigenvalue weighted by atomic mass is 10.2. The van der Waals surface area contributed by atoms with Gasteiger partial charge < -0.3 is 4.42 Å². The summed E-state index contributed by atoms with van der Waals surface area (Å²) in [5, 5.41) is 3.70. The first kappa shape index (κ1) is 16.9. The number of furan rings is 1. The minimum absolute atomic E-state index is 0.0156. The fourth-order valence-corrected chi connectivity index (χ4v) is 2.72. The number of hydrogen-bond acceptors (Lipinski definition) is 5. The summed E-state index contributed by atoms with van der Waals surface area (Å²) in [6.07, 6.45) is 2.82. The van der Waals surface area contributed by atoms with E-state index in [4.69, 9.17) is 4.42 Å². The van der Waals surface area contributed by atoms with Crippen LogP contribution in [0.3, 0.4) is 0 Å². The molecule has 0 bridgehead atoms. The first-order valence-electron chi connectivity index (χ1n) is 6.89. The Labute approximate surface area is 134 Å². The van der Waals surface area contributed by atoms with Crippen molar-refractivity contribution in [3.8, 4) is 0 Å². The summed E-state index contributed by atoms with van der Waals surface area (Å²) >= 11 is 0. The maximum atomic E-state index is 12.0. The van der Waals surface area contributed by atoms with Crippen LogP contribution in [-0.2, 0) is 14.8 Å². The Kier molecular flexibility index (Phi) is 5.67. The van der Waals surface area contributed by atoms with Crippen LogP contribution in [0.2, 0.25) is 0 Å². The second-order valence-corrected chi connectivity index (χ2v) is 6.54. The Hall–Kier alpha value is -2.45. The van der Waals surface area contributed by atoms with Crippen molar-refractivity contribution >= 4 is 22.1 Å². The quantitative estimate of drug-likeness (QED) is 0.590. The predicted molar refractivity (Wildman–Crippen MR) is 85.4 cm³/mol. The van der Waals surface area contributed by atoms with Crippen molar-refractivity contribution in [1.82, 2.24) is 10.1 Å². The molecule has 2 rings (SSSR count). The van der Waals surface area contributed by atoms with E-state index >= 15 is 0 Å². The highest BCUT2D eigenvalue weighted by Gasteiger charge is 2.13. The third kappa shape index (κ3) is 5.35. The van der Waals surface area contributed by atoms with E-state index in [1.165, 1.54) is 24.6 Å². The lowest BCUT2D eigenvalue weighted by Crippen LogP contribution is -2.29. The number of hydrazone groups is 1. The third-order valence-corrected chi connectivity index (χ3v) is 4.38. The lowest BCUT2D eigenvalue weighted by Gasteiger charge is -2.06. The van der Waals surface area contributed by atoms with Crippen LogP contribution in [0.15, 0.2) is 57.1 Å². The van der Waals surface area contributed by atoms with E-state index in [2.05, 4.69) is 15.2 Å². The summed E-state index contributed by atoms with van der Waals surface area (Å²) in [5.41, 5.74) is 3.26. The fraction of sp³-hybridized carbons (Fsp3) is 0.200. The van der Waals surface area contributed by atoms with E-state index in [0.29, 0.717) is 5.76 Å². The molecule has 0 aliphatic rings. The molecule has 0 fully saturated rings. The molecule has 0 spiro atoms. The van der Waals surface area contributed by atoms with E-state index in [9.17, 15) is 13.2 Å². The number of aryl methyl sites for hydroxylation is 1. The summed E-state index contributed by atoms with van der Waals surface area (Å²) < 4.78 is 31.4. The maximum absolute atomic E-state index is 12.0. The normalized spacial score (nSPS) is 11.7. The molecular weight excluding hydrogens is 318 g/mol. The monoisotopic (exact) mass is 335 g/mol. The van der Waals surface area contributed by atoms with Crippen LogP contribution in [0.1, 0.15) is 17.7 Å². The van der Waals surface area contributed by atoms with Crippen molar-refractivity contribution in [1.29, 1.82) is 0 Å². The van der Waals surface area contributed by atoms with E-state index < -0.39 is 15.9 Å². The van der Waals surface area contributed by atoms with Crippen LogP contribution >= 0.6 is 0 Å². The molecular formula is C15H17N3O4S. The Balaban J connectivity index is 1.77. The minimum atomic E-state index is -3.61. The van der Waals surface area contributed by atoms with Gasteiger partial charge in [-0.2, -0.15) is 5.10 Å². The van der Waals surface area contributed by atoms with Gasteiger partial charge in [-0.05, 0) is 31.2 Å². The summed E-state index contributed by atoms with van der Waals surface area (Å²) in [5.74, 6) is 0.102. The second kappa shape index (κ2) is 7.70. The fourth-order valence-electron chi connectivity index (χ4n) is 1.69. The van der Waals surface area contributed by atoms with Crippen LogP contribution in [0.5, 0.6) is 0 Å². The average molecular weight is 335 g/mol. The number of rotatable bonds is 7. The van der Waals surface area contributed by atoms with Gasteiger partial charge in [-0.3, -0.25) is 4.79 Å². The molecule has 0 aliphatic carbocycles. The Bertz CT molecular complexity index is 766. The largest absolute Gasteiger partial charge is 0.463 e. The van der Waals surface area contributed by atoms with E-state index in [1.54, 1.807) is 24.3 Å². The Morgan fingerprint density at radius 1 is 1.26 bits per heavy atom. The van der Waals surface area contributed by atoms with E-state index in [0.717, 1.165) is 5.56 Å². The van der Waals surface area contributed by atoms with Gasteiger partial charge in [-0.25, -0.2) is 18.6 Å². The first-order chi connectivity index (χ1) is 11.0. The van der Waals surface area contributed by atoms with Gasteiger partial charge in [0.05, 0.1) is 17.4 Å². The molecule has 0 aliphatic heterocycles. The highest BCUT2D eigenvalue weighted by Crippen LogP contribution is 2.09. The average Bonchev–Trinajstić information content (AvgIpc) is 3.01. The molecule has 23 heavy (non-hydrogen) atoms. The summed E-state index contributed by atoms with van der Waals surface area (Å²) in [6.45, 7) is 1.86. The molecule has 1 aromatic carbocycles. The zero-order chi connectivity index (χ0) is 16.7. The second-order valence-electron chi connectivity index (χ2n) is 4.77. The van der Waals surface area contributed by atoms with E-state index in [-0.39, 0.29) is 17.9 Å². The molecule has 2 aromatic rings. The standard InChI is InChI=1S/C15H17N3O4S/c1-12-4-6-14(7-5-12)23(20,21)17-9-8-15(19)18-16-11-13-3-2-10-22-13/h2-7,10-11,17H,8-9H2,1H3,(H,18,19)/b16-11+. The van der Waals surface area contributed by atoms with E-state index in [1.807, 2.05) is 6.92 Å². The van der Waals surface area contributed by atoms with Gasteiger partial charge in [0.2, 0.25) is 15.9 Å². The molecule has 1 heterocycles. The zero-order valence-corrected chi connectivity index (χ0v) is 13.3. The SMILES string of the molecule is Cc1ccc(S(=O)(=O)NCCC(=O)N/N=C/c2ccco2)cc1. The molecule has 0 saturated heterocycles. The molecule has 0 unspecified atom stereocenters. The van der Waals surface area contributed by atoms with Gasteiger partial charge in [0.25, 0.3) is 0 Å². The number of nitrogens with zero attached hydrogens (tertiary/aromatic N) is 1. The molecule has 1 amide bonds. The molecule has 0 saturated carbocycles. The number of benzene rings is 1. The number of hydrogen-bond donors (Lipinski definition) is 2. The highest BCUT2D eigenvalue weighted by molar-refractivity contribution is 7.89. The van der Waals surface area contributed by atoms with Gasteiger partial charge >= 0.3 is 0 Å². The Morgan fingerprint density at radius 2 is 2.00 bits per heavy atom. The first-order valence-corrected chi connectivity index (χ1v) is 8.37. The predicted octanol–water partition coefficient (Wildman–Crippen LogP) is 1.41. The maximum Gasteiger partial charge on any atom is 0.241 e. The van der Waals surface area contributed by atoms with Crippen molar-refractivity contribution in [2.24, 2.45) is 5.10 Å². The number of carbonyl (C=O) groups is 1. The zero-order valence-electron chi connectivity index (χ0n) is 12.5. The smallest absolute Gasteiger partial charge is 0.241 e. The van der Waals surface area contributed by atoms with Crippen LogP contribution < -0.4 is 10.1 Å². The van der Waals surface area contributed by atoms with Gasteiger partial charge in [-0.15, -0.1) is 0 Å². The van der Waals surface area contributed by atoms with Gasteiger partial charge in [-0.1, -0.05) is 17.7 Å². The van der Waals surface area contributed by atoms with Crippen molar-refractivity contribution in [3.63, 3.8) is 0 Å². The summed E-state index contributed by atoms with van der Waals surface area (Å²) in [4.78, 5) is 11.7. The third-order valence-electron chi connectivity index (χ3n) is 2.90. The lowest BCUT2D eigenvalue weighted by molar-refractivity contribution is -0.120. The molecule has 122 valence electrons. The molecule has 1 aromatic heterocycles. The minimum Gasteiger partial charge on any atom is -0.463 e. The molecule has 7 nitrogen and oxygen atoms in total. The molecule has 2 N–H and O–H groups in total. The van der Waals surface area contributed by atoms with Crippen LogP contribution in [-0.4, -0.2) is 27.1 Å². The van der Waals surface area contributed by atoms with Crippen LogP contribution in [0.4, 0.5) is 0 Å². The molecule has 8 heteroatoms. The van der Waals surface area contributed by atoms with Crippen molar-refractivity contribution in [3.05, 3.63) is 54.0 Å². The van der Waals surface area contributed by atoms with Gasteiger partial charge in [0.1, 0.15) is 5.76 Å². The molecule has 0 radical (unpaired) electrons. The van der Waals surface area contributed by atoms with Gasteiger partial charge in [0, 0.05) is 13.0 Å². The van der Waals surface area contributed by atoms with Crippen LogP contribution in [0, 0.1) is 6.92 Å². The number of nitrogens with one attached hydrogen (secondary N) is 2. The van der Waals surface area contributed by atoms with Crippen LogP contribution in [0.25, 0.3) is 0 Å². The van der Waals surface area contributed by atoms with Crippen molar-refractivity contribution in [2.75, 3.05) is 6.54 Å². The topological polar surface area (TPSA) is 101 Å². The number of amides is 1. The number of sulfonamides is 1. The summed E-state index contributed by atoms with van der Waals surface area (Å²) in [7, 11) is -3.61. The molecule has 0 atom stereocenters. The van der Waals surface area contributed by atoms with Crippen molar-refractivity contribution < 1.29 is 17.6 Å². The highest BCUT2D eigenvalue weighted by atomic mass is 32.2. The summed E-state index contributed by atoms with van der Waals surface area (Å²) in [6, 6.07) is 9.85. The Morgan fingerprint density at radius 3 is 2.65 bits per heavy atom. The van der Waals surface area contributed by atoms with Gasteiger partial charge in [0.15, 0.2) is 0 Å². The van der Waals surface area contributed by atoms with Crippen molar-refractivity contribution in [2.45, 2.75) is 18.2 Å².